The summed E-state index contributed by atoms with van der Waals surface area (Å²) < 4.78 is 5.98. The van der Waals surface area contributed by atoms with Crippen LogP contribution in [0.15, 0.2) is 84.9 Å². The van der Waals surface area contributed by atoms with Crippen molar-refractivity contribution in [1.29, 1.82) is 0 Å². The molecule has 0 N–H and O–H groups in total. The Balaban J connectivity index is 1.93. The van der Waals surface area contributed by atoms with Crippen molar-refractivity contribution in [2.45, 2.75) is 26.3 Å². The topological polar surface area (TPSA) is 12.5 Å². The third-order valence-electron chi connectivity index (χ3n) is 5.57. The van der Waals surface area contributed by atoms with Crippen molar-refractivity contribution in [2.24, 2.45) is 0 Å². The summed E-state index contributed by atoms with van der Waals surface area (Å²) in [7, 11) is 2.12. The number of halogens is 1. The van der Waals surface area contributed by atoms with Crippen LogP contribution in [0.25, 0.3) is 11.1 Å². The van der Waals surface area contributed by atoms with Gasteiger partial charge in [-0.3, -0.25) is 0 Å². The second kappa shape index (κ2) is 11.7. The van der Waals surface area contributed by atoms with E-state index in [0.29, 0.717) is 18.5 Å². The maximum Gasteiger partial charge on any atom is 0.119 e. The molecule has 3 aromatic rings. The van der Waals surface area contributed by atoms with E-state index >= 15 is 0 Å². The lowest BCUT2D eigenvalue weighted by atomic mass is 9.88. The molecule has 0 amide bonds. The minimum atomic E-state index is 0.517. The van der Waals surface area contributed by atoms with Crippen molar-refractivity contribution in [3.8, 4) is 5.75 Å². The van der Waals surface area contributed by atoms with Crippen molar-refractivity contribution in [2.75, 3.05) is 26.1 Å². The summed E-state index contributed by atoms with van der Waals surface area (Å²) in [6.07, 6.45) is 0.801. The predicted octanol–water partition coefficient (Wildman–Crippen LogP) is 6.99. The molecule has 0 unspecified atom stereocenters. The molecule has 0 bridgehead atoms. The fraction of sp³-hybridized carbons (Fsp3) is 0.286. The molecule has 0 heterocycles. The highest BCUT2D eigenvalue weighted by Crippen LogP contribution is 2.35. The molecule has 162 valence electrons. The number of ether oxygens (including phenoxy) is 1. The Morgan fingerprint density at radius 2 is 1.35 bits per heavy atom. The summed E-state index contributed by atoms with van der Waals surface area (Å²) in [6, 6.07) is 30.0. The number of hydrogen-bond acceptors (Lipinski definition) is 2. The van der Waals surface area contributed by atoms with Gasteiger partial charge >= 0.3 is 0 Å². The van der Waals surface area contributed by atoms with Crippen molar-refractivity contribution in [1.82, 2.24) is 4.90 Å². The number of hydrogen-bond donors (Lipinski definition) is 0. The van der Waals surface area contributed by atoms with Gasteiger partial charge in [0, 0.05) is 18.5 Å². The van der Waals surface area contributed by atoms with Crippen molar-refractivity contribution >= 4 is 22.7 Å². The van der Waals surface area contributed by atoms with Gasteiger partial charge in [0.25, 0.3) is 0 Å². The average Bonchev–Trinajstić information content (AvgIpc) is 2.81. The monoisotopic (exact) mass is 433 g/mol. The molecule has 0 aromatic heterocycles. The second-order valence-electron chi connectivity index (χ2n) is 7.97. The van der Waals surface area contributed by atoms with E-state index in [2.05, 4.69) is 105 Å². The largest absolute Gasteiger partial charge is 0.492 e. The summed E-state index contributed by atoms with van der Waals surface area (Å²) in [5.41, 5.74) is 6.05. The predicted molar refractivity (Wildman–Crippen MR) is 134 cm³/mol. The van der Waals surface area contributed by atoms with Gasteiger partial charge in [-0.2, -0.15) is 0 Å². The Hall–Kier alpha value is -2.55. The molecule has 3 heteroatoms. The van der Waals surface area contributed by atoms with E-state index in [1.165, 1.54) is 27.8 Å². The van der Waals surface area contributed by atoms with Gasteiger partial charge in [0.2, 0.25) is 0 Å². The first kappa shape index (κ1) is 23.1. The number of nitrogens with zero attached hydrogens (tertiary/aromatic N) is 1. The maximum atomic E-state index is 6.24. The molecule has 3 aromatic carbocycles. The van der Waals surface area contributed by atoms with Crippen LogP contribution in [0.5, 0.6) is 5.75 Å². The third kappa shape index (κ3) is 6.46. The van der Waals surface area contributed by atoms with Gasteiger partial charge in [0.1, 0.15) is 12.4 Å². The zero-order valence-electron chi connectivity index (χ0n) is 18.7. The molecule has 3 rings (SSSR count). The lowest BCUT2D eigenvalue weighted by Gasteiger charge is -2.21. The molecular formula is C28H32ClNO. The molecule has 0 aliphatic rings. The lowest BCUT2D eigenvalue weighted by molar-refractivity contribution is 0.208. The number of rotatable bonds is 10. The highest BCUT2D eigenvalue weighted by atomic mass is 35.5. The average molecular weight is 434 g/mol. The highest BCUT2D eigenvalue weighted by Gasteiger charge is 2.14. The van der Waals surface area contributed by atoms with E-state index in [9.17, 15) is 0 Å². The van der Waals surface area contributed by atoms with Crippen LogP contribution < -0.4 is 4.74 Å². The number of benzene rings is 3. The number of allylic oxidation sites excluding steroid dienone is 1. The van der Waals surface area contributed by atoms with Gasteiger partial charge in [-0.1, -0.05) is 72.8 Å². The van der Waals surface area contributed by atoms with Gasteiger partial charge in [-0.05, 0) is 67.3 Å². The van der Waals surface area contributed by atoms with Crippen LogP contribution in [-0.4, -0.2) is 37.0 Å². The minimum Gasteiger partial charge on any atom is -0.492 e. The number of likely N-dealkylation sites (N-methyl/N-ethyl adjacent to an activating group) is 1. The molecule has 0 atom stereocenters. The van der Waals surface area contributed by atoms with E-state index in [-0.39, 0.29) is 0 Å². The van der Waals surface area contributed by atoms with Gasteiger partial charge in [-0.25, -0.2) is 0 Å². The summed E-state index contributed by atoms with van der Waals surface area (Å²) in [5, 5.41) is 0. The van der Waals surface area contributed by atoms with Gasteiger partial charge in [-0.15, -0.1) is 11.6 Å². The van der Waals surface area contributed by atoms with Crippen molar-refractivity contribution < 1.29 is 4.74 Å². The first-order chi connectivity index (χ1) is 15.1. The molecule has 0 saturated heterocycles. The van der Waals surface area contributed by atoms with Crippen molar-refractivity contribution in [3.05, 3.63) is 102 Å². The van der Waals surface area contributed by atoms with Gasteiger partial charge in [0.15, 0.2) is 0 Å². The summed E-state index contributed by atoms with van der Waals surface area (Å²) >= 11 is 6.24. The second-order valence-corrected chi connectivity index (χ2v) is 8.35. The normalized spacial score (nSPS) is 12.2. The van der Waals surface area contributed by atoms with E-state index in [4.69, 9.17) is 16.3 Å². The Bertz CT molecular complexity index is 949. The zero-order chi connectivity index (χ0) is 22.1. The van der Waals surface area contributed by atoms with Crippen LogP contribution in [0.3, 0.4) is 0 Å². The Labute approximate surface area is 192 Å². The quantitative estimate of drug-likeness (QED) is 0.252. The Kier molecular flexibility index (Phi) is 8.75. The van der Waals surface area contributed by atoms with Crippen molar-refractivity contribution in [3.63, 3.8) is 0 Å². The minimum absolute atomic E-state index is 0.517. The third-order valence-corrected chi connectivity index (χ3v) is 5.76. The molecule has 0 spiro atoms. The molecule has 0 saturated carbocycles. The summed E-state index contributed by atoms with van der Waals surface area (Å²) in [5.74, 6) is 1.47. The van der Waals surface area contributed by atoms with E-state index < -0.39 is 0 Å². The van der Waals surface area contributed by atoms with Crippen LogP contribution in [0.2, 0.25) is 0 Å². The molecular weight excluding hydrogens is 402 g/mol. The molecule has 0 fully saturated rings. The Morgan fingerprint density at radius 1 is 0.806 bits per heavy atom. The first-order valence-corrected chi connectivity index (χ1v) is 11.5. The van der Waals surface area contributed by atoms with Crippen LogP contribution >= 0.6 is 11.6 Å². The standard InChI is InChI=1S/C28H32ClNO/c1-22(2)30(3)20-21-31-26-16-14-25(15-17-26)28(24-12-8-5-9-13-24)27(18-19-29)23-10-6-4-7-11-23/h4-17,22H,18-21H2,1-3H3/b28-27-. The van der Waals surface area contributed by atoms with Gasteiger partial charge in [0.05, 0.1) is 0 Å². The van der Waals surface area contributed by atoms with E-state index in [1.807, 2.05) is 6.07 Å². The molecule has 31 heavy (non-hydrogen) atoms. The lowest BCUT2D eigenvalue weighted by Crippen LogP contribution is -2.30. The fourth-order valence-corrected chi connectivity index (χ4v) is 3.74. The zero-order valence-corrected chi connectivity index (χ0v) is 19.5. The molecule has 0 aliphatic carbocycles. The summed E-state index contributed by atoms with van der Waals surface area (Å²) in [6.45, 7) is 5.97. The van der Waals surface area contributed by atoms with Gasteiger partial charge < -0.3 is 9.64 Å². The van der Waals surface area contributed by atoms with E-state index in [0.717, 1.165) is 18.7 Å². The summed E-state index contributed by atoms with van der Waals surface area (Å²) in [4.78, 5) is 2.28. The fourth-order valence-electron chi connectivity index (χ4n) is 3.55. The molecule has 0 radical (unpaired) electrons. The maximum absolute atomic E-state index is 6.24. The molecule has 0 aliphatic heterocycles. The van der Waals surface area contributed by atoms with Crippen LogP contribution in [-0.2, 0) is 0 Å². The highest BCUT2D eigenvalue weighted by molar-refractivity contribution is 6.18. The number of alkyl halides is 1. The van der Waals surface area contributed by atoms with Crippen LogP contribution in [0, 0.1) is 0 Å². The molecule has 2 nitrogen and oxygen atoms in total. The van der Waals surface area contributed by atoms with Crippen LogP contribution in [0.1, 0.15) is 37.0 Å². The van der Waals surface area contributed by atoms with Crippen LogP contribution in [0.4, 0.5) is 0 Å². The van der Waals surface area contributed by atoms with E-state index in [1.54, 1.807) is 0 Å². The SMILES string of the molecule is CC(C)N(C)CCOc1ccc(/C(=C(/CCCl)c2ccccc2)c2ccccc2)cc1. The Morgan fingerprint density at radius 3 is 1.90 bits per heavy atom. The smallest absolute Gasteiger partial charge is 0.119 e. The first-order valence-electron chi connectivity index (χ1n) is 10.9.